The number of benzene rings is 1. The van der Waals surface area contributed by atoms with Gasteiger partial charge in [-0.15, -0.1) is 0 Å². The third-order valence-electron chi connectivity index (χ3n) is 2.98. The van der Waals surface area contributed by atoms with Crippen molar-refractivity contribution in [3.8, 4) is 0 Å². The summed E-state index contributed by atoms with van der Waals surface area (Å²) in [4.78, 5) is 0. The molecule has 0 heterocycles. The third-order valence-corrected chi connectivity index (χ3v) is 2.98. The molecule has 83 valence electrons. The minimum Gasteiger partial charge on any atom is -0.0654 e. The molecule has 1 radical (unpaired) electrons. The van der Waals surface area contributed by atoms with Crippen LogP contribution in [0.4, 0.5) is 0 Å². The lowest BCUT2D eigenvalue weighted by Gasteiger charge is -2.14. The van der Waals surface area contributed by atoms with Crippen LogP contribution in [0.25, 0.3) is 0 Å². The van der Waals surface area contributed by atoms with Crippen LogP contribution in [0.2, 0.25) is 0 Å². The van der Waals surface area contributed by atoms with Gasteiger partial charge in [0.1, 0.15) is 0 Å². The van der Waals surface area contributed by atoms with Crippen LogP contribution in [0.1, 0.15) is 57.4 Å². The molecule has 0 aliphatic rings. The summed E-state index contributed by atoms with van der Waals surface area (Å²) in [5.41, 5.74) is 1.50. The fraction of sp³-hybridized carbons (Fsp3) is 0.533. The van der Waals surface area contributed by atoms with E-state index >= 15 is 0 Å². The van der Waals surface area contributed by atoms with Gasteiger partial charge in [0.15, 0.2) is 0 Å². The highest BCUT2D eigenvalue weighted by atomic mass is 14.1. The second-order valence-corrected chi connectivity index (χ2v) is 4.17. The van der Waals surface area contributed by atoms with E-state index in [1.165, 1.54) is 37.7 Å². The van der Waals surface area contributed by atoms with Crippen molar-refractivity contribution in [2.24, 2.45) is 0 Å². The molecule has 1 rings (SSSR count). The van der Waals surface area contributed by atoms with Crippen LogP contribution in [-0.2, 0) is 0 Å². The van der Waals surface area contributed by atoms with E-state index in [0.29, 0.717) is 0 Å². The van der Waals surface area contributed by atoms with Gasteiger partial charge in [-0.05, 0) is 37.2 Å². The van der Waals surface area contributed by atoms with Gasteiger partial charge in [-0.25, -0.2) is 0 Å². The number of rotatable bonds is 7. The monoisotopic (exact) mass is 203 g/mol. The average Bonchev–Trinajstić information content (AvgIpc) is 2.30. The highest BCUT2D eigenvalue weighted by Crippen LogP contribution is 2.25. The summed E-state index contributed by atoms with van der Waals surface area (Å²) in [7, 11) is 0. The maximum atomic E-state index is 2.44. The van der Waals surface area contributed by atoms with E-state index < -0.39 is 0 Å². The first kappa shape index (κ1) is 12.3. The zero-order valence-electron chi connectivity index (χ0n) is 10.1. The lowest BCUT2D eigenvalue weighted by Crippen LogP contribution is -1.97. The highest BCUT2D eigenvalue weighted by molar-refractivity contribution is 5.19. The second-order valence-electron chi connectivity index (χ2n) is 4.17. The van der Waals surface area contributed by atoms with E-state index in [1.54, 1.807) is 0 Å². The molecule has 0 aromatic heterocycles. The van der Waals surface area contributed by atoms with Gasteiger partial charge in [0.2, 0.25) is 0 Å². The summed E-state index contributed by atoms with van der Waals surface area (Å²) < 4.78 is 0. The van der Waals surface area contributed by atoms with Crippen LogP contribution in [0.5, 0.6) is 0 Å². The normalized spacial score (nSPS) is 12.7. The quantitative estimate of drug-likeness (QED) is 0.549. The van der Waals surface area contributed by atoms with E-state index in [4.69, 9.17) is 0 Å². The molecule has 15 heavy (non-hydrogen) atoms. The number of unbranched alkanes of at least 4 members (excludes halogenated alkanes) is 3. The van der Waals surface area contributed by atoms with Gasteiger partial charge in [0.05, 0.1) is 0 Å². The van der Waals surface area contributed by atoms with E-state index in [2.05, 4.69) is 50.6 Å². The van der Waals surface area contributed by atoms with Crippen LogP contribution in [0.3, 0.4) is 0 Å². The van der Waals surface area contributed by atoms with Crippen LogP contribution in [0.15, 0.2) is 30.3 Å². The molecule has 0 aliphatic carbocycles. The highest BCUT2D eigenvalue weighted by Gasteiger charge is 2.07. The van der Waals surface area contributed by atoms with Crippen molar-refractivity contribution in [1.29, 1.82) is 0 Å². The first-order chi connectivity index (χ1) is 7.38. The van der Waals surface area contributed by atoms with Crippen LogP contribution >= 0.6 is 0 Å². The van der Waals surface area contributed by atoms with Crippen LogP contribution in [0, 0.1) is 6.42 Å². The Bertz CT molecular complexity index is 237. The molecule has 1 unspecified atom stereocenters. The largest absolute Gasteiger partial charge is 0.0654 e. The van der Waals surface area contributed by atoms with Crippen molar-refractivity contribution in [2.45, 2.75) is 51.9 Å². The Hall–Kier alpha value is -0.780. The second kappa shape index (κ2) is 7.50. The minimum atomic E-state index is 0.749. The molecule has 0 bridgehead atoms. The molecule has 0 saturated heterocycles. The molecule has 1 aromatic rings. The van der Waals surface area contributed by atoms with Gasteiger partial charge in [0, 0.05) is 0 Å². The average molecular weight is 203 g/mol. The molecule has 0 heteroatoms. The van der Waals surface area contributed by atoms with Crippen LogP contribution in [-0.4, -0.2) is 0 Å². The lowest BCUT2D eigenvalue weighted by atomic mass is 9.91. The van der Waals surface area contributed by atoms with Crippen molar-refractivity contribution >= 4 is 0 Å². The Labute approximate surface area is 94.7 Å². The van der Waals surface area contributed by atoms with Gasteiger partial charge in [0.25, 0.3) is 0 Å². The van der Waals surface area contributed by atoms with Crippen molar-refractivity contribution in [2.75, 3.05) is 0 Å². The topological polar surface area (TPSA) is 0 Å². The summed E-state index contributed by atoms with van der Waals surface area (Å²) in [5, 5.41) is 0. The standard InChI is InChI=1S/C15H23/c1-3-5-6-8-11-14(4-2)15-12-9-7-10-13-15/h6-7,9-10,12-14H,3-5,8,11H2,1-2H3. The predicted octanol–water partition coefficient (Wildman–Crippen LogP) is 4.96. The van der Waals surface area contributed by atoms with Crippen molar-refractivity contribution in [3.05, 3.63) is 42.3 Å². The molecule has 0 saturated carbocycles. The SMILES string of the molecule is CCC[CH]CCC(CC)c1ccccc1. The van der Waals surface area contributed by atoms with Gasteiger partial charge in [-0.3, -0.25) is 0 Å². The molecule has 0 amide bonds. The van der Waals surface area contributed by atoms with E-state index in [0.717, 1.165) is 5.92 Å². The Morgan fingerprint density at radius 2 is 1.80 bits per heavy atom. The van der Waals surface area contributed by atoms with Crippen molar-refractivity contribution < 1.29 is 0 Å². The molecular formula is C15H23. The fourth-order valence-corrected chi connectivity index (χ4v) is 2.00. The minimum absolute atomic E-state index is 0.749. The zero-order valence-corrected chi connectivity index (χ0v) is 10.1. The molecule has 1 aromatic carbocycles. The van der Waals surface area contributed by atoms with Gasteiger partial charge in [-0.1, -0.05) is 57.0 Å². The maximum Gasteiger partial charge on any atom is -0.0164 e. The van der Waals surface area contributed by atoms with E-state index in [9.17, 15) is 0 Å². The van der Waals surface area contributed by atoms with E-state index in [-0.39, 0.29) is 0 Å². The Balaban J connectivity index is 2.36. The molecule has 0 spiro atoms. The molecule has 0 fully saturated rings. The zero-order chi connectivity index (χ0) is 10.9. The number of hydrogen-bond donors (Lipinski definition) is 0. The smallest absolute Gasteiger partial charge is 0.0164 e. The summed E-state index contributed by atoms with van der Waals surface area (Å²) >= 11 is 0. The van der Waals surface area contributed by atoms with Crippen molar-refractivity contribution in [3.63, 3.8) is 0 Å². The molecule has 0 N–H and O–H groups in total. The van der Waals surface area contributed by atoms with Crippen LogP contribution < -0.4 is 0 Å². The first-order valence-electron chi connectivity index (χ1n) is 6.25. The first-order valence-corrected chi connectivity index (χ1v) is 6.25. The van der Waals surface area contributed by atoms with Gasteiger partial charge in [-0.2, -0.15) is 0 Å². The molecule has 1 atom stereocenters. The lowest BCUT2D eigenvalue weighted by molar-refractivity contribution is 0.592. The predicted molar refractivity (Wildman–Crippen MR) is 67.9 cm³/mol. The van der Waals surface area contributed by atoms with E-state index in [1.807, 2.05) is 0 Å². The Morgan fingerprint density at radius 1 is 1.07 bits per heavy atom. The summed E-state index contributed by atoms with van der Waals surface area (Å²) in [6.45, 7) is 4.53. The van der Waals surface area contributed by atoms with Gasteiger partial charge >= 0.3 is 0 Å². The summed E-state index contributed by atoms with van der Waals surface area (Å²) in [6, 6.07) is 10.9. The Morgan fingerprint density at radius 3 is 2.40 bits per heavy atom. The van der Waals surface area contributed by atoms with Crippen molar-refractivity contribution in [1.82, 2.24) is 0 Å². The molecule has 0 aliphatic heterocycles. The third kappa shape index (κ3) is 4.51. The molecule has 0 nitrogen and oxygen atoms in total. The fourth-order valence-electron chi connectivity index (χ4n) is 2.00. The Kier molecular flexibility index (Phi) is 6.15. The number of hydrogen-bond acceptors (Lipinski definition) is 0. The maximum absolute atomic E-state index is 2.44. The summed E-state index contributed by atoms with van der Waals surface area (Å²) in [5.74, 6) is 0.749. The molecular weight excluding hydrogens is 180 g/mol. The van der Waals surface area contributed by atoms with Gasteiger partial charge < -0.3 is 0 Å². The summed E-state index contributed by atoms with van der Waals surface area (Å²) in [6.07, 6.45) is 8.81.